The highest BCUT2D eigenvalue weighted by atomic mass is 16.5. The van der Waals surface area contributed by atoms with Gasteiger partial charge in [0, 0.05) is 26.8 Å². The van der Waals surface area contributed by atoms with Crippen LogP contribution in [0.2, 0.25) is 0 Å². The SMILES string of the molecule is CCCCCCOC(C)CNCCOC. The molecule has 0 spiro atoms. The molecule has 1 unspecified atom stereocenters. The molecule has 15 heavy (non-hydrogen) atoms. The highest BCUT2D eigenvalue weighted by Gasteiger charge is 2.00. The molecule has 0 aliphatic heterocycles. The summed E-state index contributed by atoms with van der Waals surface area (Å²) < 4.78 is 10.6. The van der Waals surface area contributed by atoms with Crippen LogP contribution in [-0.4, -0.2) is 39.5 Å². The molecule has 0 aliphatic carbocycles. The van der Waals surface area contributed by atoms with Gasteiger partial charge in [-0.1, -0.05) is 26.2 Å². The van der Waals surface area contributed by atoms with E-state index < -0.39 is 0 Å². The summed E-state index contributed by atoms with van der Waals surface area (Å²) in [6.07, 6.45) is 5.40. The Bertz CT molecular complexity index is 120. The summed E-state index contributed by atoms with van der Waals surface area (Å²) in [7, 11) is 1.72. The predicted molar refractivity (Wildman–Crippen MR) is 64.3 cm³/mol. The summed E-state index contributed by atoms with van der Waals surface area (Å²) in [4.78, 5) is 0. The van der Waals surface area contributed by atoms with Crippen LogP contribution in [0, 0.1) is 0 Å². The van der Waals surface area contributed by atoms with Crippen molar-refractivity contribution < 1.29 is 9.47 Å². The molecule has 92 valence electrons. The van der Waals surface area contributed by atoms with Crippen molar-refractivity contribution in [3.05, 3.63) is 0 Å². The van der Waals surface area contributed by atoms with E-state index in [1.54, 1.807) is 7.11 Å². The topological polar surface area (TPSA) is 30.5 Å². The van der Waals surface area contributed by atoms with Crippen LogP contribution in [0.15, 0.2) is 0 Å². The van der Waals surface area contributed by atoms with Crippen molar-refractivity contribution in [2.24, 2.45) is 0 Å². The number of rotatable bonds is 11. The Hall–Kier alpha value is -0.120. The first-order valence-corrected chi connectivity index (χ1v) is 6.12. The lowest BCUT2D eigenvalue weighted by atomic mass is 10.2. The fourth-order valence-electron chi connectivity index (χ4n) is 1.35. The smallest absolute Gasteiger partial charge is 0.0671 e. The molecule has 0 aromatic rings. The predicted octanol–water partition coefficient (Wildman–Crippen LogP) is 2.21. The second kappa shape index (κ2) is 12.0. The molecule has 1 atom stereocenters. The van der Waals surface area contributed by atoms with Gasteiger partial charge in [0.1, 0.15) is 0 Å². The van der Waals surface area contributed by atoms with Crippen LogP contribution in [0.1, 0.15) is 39.5 Å². The maximum atomic E-state index is 5.67. The van der Waals surface area contributed by atoms with Gasteiger partial charge in [-0.3, -0.25) is 0 Å². The summed E-state index contributed by atoms with van der Waals surface area (Å²) in [5, 5.41) is 3.29. The van der Waals surface area contributed by atoms with E-state index in [0.717, 1.165) is 26.3 Å². The zero-order chi connectivity index (χ0) is 11.4. The van der Waals surface area contributed by atoms with Gasteiger partial charge in [-0.05, 0) is 13.3 Å². The molecule has 0 aromatic heterocycles. The lowest BCUT2D eigenvalue weighted by Crippen LogP contribution is -2.29. The van der Waals surface area contributed by atoms with Crippen molar-refractivity contribution in [2.45, 2.75) is 45.6 Å². The van der Waals surface area contributed by atoms with Gasteiger partial charge in [0.15, 0.2) is 0 Å². The van der Waals surface area contributed by atoms with Gasteiger partial charge in [0.05, 0.1) is 12.7 Å². The molecule has 1 N–H and O–H groups in total. The Labute approximate surface area is 94.5 Å². The molecule has 0 aliphatic rings. The molecular weight excluding hydrogens is 190 g/mol. The minimum absolute atomic E-state index is 0.309. The second-order valence-corrected chi connectivity index (χ2v) is 3.94. The van der Waals surface area contributed by atoms with E-state index in [0.29, 0.717) is 6.10 Å². The number of nitrogens with one attached hydrogen (secondary N) is 1. The van der Waals surface area contributed by atoms with E-state index in [2.05, 4.69) is 19.2 Å². The first kappa shape index (κ1) is 14.9. The normalized spacial score (nSPS) is 13.0. The van der Waals surface area contributed by atoms with Crippen molar-refractivity contribution in [2.75, 3.05) is 33.4 Å². The fourth-order valence-corrected chi connectivity index (χ4v) is 1.35. The summed E-state index contributed by atoms with van der Waals surface area (Å²) >= 11 is 0. The summed E-state index contributed by atoms with van der Waals surface area (Å²) in [6.45, 7) is 7.82. The number of ether oxygens (including phenoxy) is 2. The van der Waals surface area contributed by atoms with Gasteiger partial charge >= 0.3 is 0 Å². The molecule has 0 saturated carbocycles. The van der Waals surface area contributed by atoms with E-state index in [4.69, 9.17) is 9.47 Å². The summed E-state index contributed by atoms with van der Waals surface area (Å²) in [6, 6.07) is 0. The average Bonchev–Trinajstić information content (AvgIpc) is 2.24. The molecule has 0 aromatic carbocycles. The van der Waals surface area contributed by atoms with Crippen LogP contribution in [0.5, 0.6) is 0 Å². The molecule has 0 rings (SSSR count). The number of methoxy groups -OCH3 is 1. The zero-order valence-corrected chi connectivity index (χ0v) is 10.6. The molecule has 3 nitrogen and oxygen atoms in total. The third kappa shape index (κ3) is 11.8. The van der Waals surface area contributed by atoms with Crippen LogP contribution in [0.25, 0.3) is 0 Å². The van der Waals surface area contributed by atoms with Gasteiger partial charge < -0.3 is 14.8 Å². The van der Waals surface area contributed by atoms with Crippen LogP contribution in [-0.2, 0) is 9.47 Å². The van der Waals surface area contributed by atoms with Gasteiger partial charge in [-0.25, -0.2) is 0 Å². The zero-order valence-electron chi connectivity index (χ0n) is 10.6. The maximum Gasteiger partial charge on any atom is 0.0671 e. The fraction of sp³-hybridized carbons (Fsp3) is 1.00. The van der Waals surface area contributed by atoms with Crippen LogP contribution >= 0.6 is 0 Å². The molecule has 0 heterocycles. The largest absolute Gasteiger partial charge is 0.383 e. The van der Waals surface area contributed by atoms with E-state index in [1.165, 1.54) is 25.7 Å². The highest BCUT2D eigenvalue weighted by molar-refractivity contribution is 4.55. The van der Waals surface area contributed by atoms with E-state index in [1.807, 2.05) is 0 Å². The standard InChI is InChI=1S/C12H27NO2/c1-4-5-6-7-9-15-12(2)11-13-8-10-14-3/h12-13H,4-11H2,1-3H3. The van der Waals surface area contributed by atoms with E-state index >= 15 is 0 Å². The molecule has 3 heteroatoms. The number of hydrogen-bond donors (Lipinski definition) is 1. The van der Waals surface area contributed by atoms with E-state index in [9.17, 15) is 0 Å². The maximum absolute atomic E-state index is 5.67. The molecular formula is C12H27NO2. The Morgan fingerprint density at radius 3 is 2.60 bits per heavy atom. The minimum atomic E-state index is 0.309. The lowest BCUT2D eigenvalue weighted by molar-refractivity contribution is 0.0618. The van der Waals surface area contributed by atoms with Crippen LogP contribution in [0.4, 0.5) is 0 Å². The van der Waals surface area contributed by atoms with Gasteiger partial charge in [0.25, 0.3) is 0 Å². The Morgan fingerprint density at radius 1 is 1.13 bits per heavy atom. The summed E-state index contributed by atoms with van der Waals surface area (Å²) in [5.74, 6) is 0. The van der Waals surface area contributed by atoms with Crippen molar-refractivity contribution in [1.29, 1.82) is 0 Å². The van der Waals surface area contributed by atoms with Gasteiger partial charge in [-0.15, -0.1) is 0 Å². The number of hydrogen-bond acceptors (Lipinski definition) is 3. The quantitative estimate of drug-likeness (QED) is 0.538. The third-order valence-corrected chi connectivity index (χ3v) is 2.32. The van der Waals surface area contributed by atoms with Crippen molar-refractivity contribution >= 4 is 0 Å². The monoisotopic (exact) mass is 217 g/mol. The average molecular weight is 217 g/mol. The van der Waals surface area contributed by atoms with Gasteiger partial charge in [0.2, 0.25) is 0 Å². The number of unbranched alkanes of at least 4 members (excludes halogenated alkanes) is 3. The first-order chi connectivity index (χ1) is 7.31. The molecule has 0 bridgehead atoms. The summed E-state index contributed by atoms with van der Waals surface area (Å²) in [5.41, 5.74) is 0. The Morgan fingerprint density at radius 2 is 1.93 bits per heavy atom. The Kier molecular flexibility index (Phi) is 11.9. The highest BCUT2D eigenvalue weighted by Crippen LogP contribution is 2.00. The van der Waals surface area contributed by atoms with E-state index in [-0.39, 0.29) is 0 Å². The van der Waals surface area contributed by atoms with Crippen LogP contribution < -0.4 is 5.32 Å². The molecule has 0 radical (unpaired) electrons. The van der Waals surface area contributed by atoms with Crippen LogP contribution in [0.3, 0.4) is 0 Å². The lowest BCUT2D eigenvalue weighted by Gasteiger charge is -2.13. The molecule has 0 amide bonds. The molecule has 0 fully saturated rings. The van der Waals surface area contributed by atoms with Crippen molar-refractivity contribution in [3.8, 4) is 0 Å². The Balaban J connectivity index is 3.08. The van der Waals surface area contributed by atoms with Crippen molar-refractivity contribution in [1.82, 2.24) is 5.32 Å². The first-order valence-electron chi connectivity index (χ1n) is 6.12. The minimum Gasteiger partial charge on any atom is -0.383 e. The second-order valence-electron chi connectivity index (χ2n) is 3.94. The third-order valence-electron chi connectivity index (χ3n) is 2.32. The molecule has 0 saturated heterocycles. The van der Waals surface area contributed by atoms with Gasteiger partial charge in [-0.2, -0.15) is 0 Å². The van der Waals surface area contributed by atoms with Crippen molar-refractivity contribution in [3.63, 3.8) is 0 Å².